The first-order valence-electron chi connectivity index (χ1n) is 4.85. The Morgan fingerprint density at radius 2 is 2.13 bits per heavy atom. The van der Waals surface area contributed by atoms with Gasteiger partial charge in [0.05, 0.1) is 0 Å². The molecule has 0 saturated heterocycles. The van der Waals surface area contributed by atoms with Crippen LogP contribution >= 0.6 is 0 Å². The average Bonchev–Trinajstić information content (AvgIpc) is 2.15. The summed E-state index contributed by atoms with van der Waals surface area (Å²) in [6.07, 6.45) is 1.41. The van der Waals surface area contributed by atoms with Crippen LogP contribution in [0.1, 0.15) is 19.4 Å². The minimum Gasteiger partial charge on any atom is -0.322 e. The van der Waals surface area contributed by atoms with E-state index in [9.17, 15) is 4.79 Å². The third-order valence-electron chi connectivity index (χ3n) is 1.78. The lowest BCUT2D eigenvalue weighted by molar-refractivity contribution is -0.111. The smallest absolute Gasteiger partial charge is 0.256 e. The maximum atomic E-state index is 11.4. The number of hydrogen-bond acceptors (Lipinski definition) is 1. The van der Waals surface area contributed by atoms with E-state index in [2.05, 4.69) is 11.0 Å². The minimum absolute atomic E-state index is 0.151. The van der Waals surface area contributed by atoms with Crippen molar-refractivity contribution in [2.75, 3.05) is 5.32 Å². The van der Waals surface area contributed by atoms with E-state index >= 15 is 0 Å². The summed E-state index contributed by atoms with van der Waals surface area (Å²) in [5, 5.41) is 2.77. The van der Waals surface area contributed by atoms with Crippen LogP contribution in [-0.2, 0) is 4.79 Å². The van der Waals surface area contributed by atoms with Crippen molar-refractivity contribution in [1.29, 1.82) is 0 Å². The Kier molecular flexibility index (Phi) is 3.90. The molecule has 0 aliphatic carbocycles. The zero-order chi connectivity index (χ0) is 11.3. The van der Waals surface area contributed by atoms with E-state index < -0.39 is 0 Å². The highest BCUT2D eigenvalue weighted by molar-refractivity contribution is 5.99. The van der Waals surface area contributed by atoms with Gasteiger partial charge in [0.25, 0.3) is 5.91 Å². The van der Waals surface area contributed by atoms with E-state index in [0.717, 1.165) is 16.8 Å². The average molecular weight is 201 g/mol. The fraction of sp³-hybridized carbons (Fsp3) is 0.231. The molecule has 0 spiro atoms. The summed E-state index contributed by atoms with van der Waals surface area (Å²) in [5.74, 6) is -0.151. The van der Waals surface area contributed by atoms with E-state index in [0.29, 0.717) is 0 Å². The minimum atomic E-state index is -0.151. The van der Waals surface area contributed by atoms with E-state index in [1.807, 2.05) is 45.0 Å². The van der Waals surface area contributed by atoms with Gasteiger partial charge in [-0.1, -0.05) is 12.1 Å². The molecule has 2 nitrogen and oxygen atoms in total. The topological polar surface area (TPSA) is 29.1 Å². The van der Waals surface area contributed by atoms with Crippen LogP contribution in [0.2, 0.25) is 0 Å². The fourth-order valence-corrected chi connectivity index (χ4v) is 1.11. The molecule has 15 heavy (non-hydrogen) atoms. The molecule has 0 heterocycles. The largest absolute Gasteiger partial charge is 0.322 e. The van der Waals surface area contributed by atoms with Crippen LogP contribution in [0.5, 0.6) is 0 Å². The molecule has 1 N–H and O–H groups in total. The van der Waals surface area contributed by atoms with Crippen LogP contribution < -0.4 is 5.32 Å². The lowest BCUT2D eigenvalue weighted by Gasteiger charge is -2.01. The Bertz CT molecular complexity index is 422. The maximum Gasteiger partial charge on any atom is 0.256 e. The summed E-state index contributed by atoms with van der Waals surface area (Å²) in [6.45, 7) is 5.79. The highest BCUT2D eigenvalue weighted by atomic mass is 16.1. The Hall–Kier alpha value is -1.79. The lowest BCUT2D eigenvalue weighted by Crippen LogP contribution is -2.07. The number of carbonyl (C=O) groups is 1. The Morgan fingerprint density at radius 3 is 2.73 bits per heavy atom. The van der Waals surface area contributed by atoms with Gasteiger partial charge < -0.3 is 5.32 Å². The van der Waals surface area contributed by atoms with Gasteiger partial charge in [0.15, 0.2) is 0 Å². The number of carbonyl (C=O) groups excluding carboxylic acids is 1. The molecule has 0 aromatic heterocycles. The van der Waals surface area contributed by atoms with Crippen LogP contribution in [0.4, 0.5) is 5.69 Å². The standard InChI is InChI=1S/C13H15NO/c1-10(2)7-8-13(15)14-12-6-4-5-11(3)9-12/h4-6,8-9H,1-3H3,(H,14,15). The van der Waals surface area contributed by atoms with Crippen molar-refractivity contribution in [3.05, 3.63) is 47.2 Å². The van der Waals surface area contributed by atoms with Crippen molar-refractivity contribution in [2.45, 2.75) is 20.8 Å². The molecular weight excluding hydrogens is 186 g/mol. The molecule has 0 saturated carbocycles. The van der Waals surface area contributed by atoms with Crippen LogP contribution in [0.3, 0.4) is 0 Å². The molecule has 0 radical (unpaired) electrons. The van der Waals surface area contributed by atoms with E-state index in [1.54, 1.807) is 0 Å². The summed E-state index contributed by atoms with van der Waals surface area (Å²) in [6, 6.07) is 7.69. The second-order valence-corrected chi connectivity index (χ2v) is 3.65. The van der Waals surface area contributed by atoms with Crippen molar-refractivity contribution < 1.29 is 4.79 Å². The van der Waals surface area contributed by atoms with Crippen molar-refractivity contribution >= 4 is 11.6 Å². The fourth-order valence-electron chi connectivity index (χ4n) is 1.11. The molecule has 0 bridgehead atoms. The number of benzene rings is 1. The summed E-state index contributed by atoms with van der Waals surface area (Å²) in [7, 11) is 0. The number of amides is 1. The van der Waals surface area contributed by atoms with Crippen molar-refractivity contribution in [3.8, 4) is 0 Å². The zero-order valence-electron chi connectivity index (χ0n) is 9.29. The molecular formula is C13H15NO. The van der Waals surface area contributed by atoms with Crippen molar-refractivity contribution in [2.24, 2.45) is 0 Å². The molecule has 78 valence electrons. The second-order valence-electron chi connectivity index (χ2n) is 3.65. The third-order valence-corrected chi connectivity index (χ3v) is 1.78. The highest BCUT2D eigenvalue weighted by Gasteiger charge is 1.96. The van der Waals surface area contributed by atoms with Crippen LogP contribution in [0, 0.1) is 6.92 Å². The van der Waals surface area contributed by atoms with Crippen LogP contribution in [0.25, 0.3) is 0 Å². The van der Waals surface area contributed by atoms with Gasteiger partial charge in [0, 0.05) is 11.8 Å². The van der Waals surface area contributed by atoms with Gasteiger partial charge in [0.1, 0.15) is 0 Å². The zero-order valence-corrected chi connectivity index (χ0v) is 9.29. The molecule has 0 aliphatic rings. The van der Waals surface area contributed by atoms with Crippen LogP contribution in [0.15, 0.2) is 41.6 Å². The van der Waals surface area contributed by atoms with E-state index in [4.69, 9.17) is 0 Å². The quantitative estimate of drug-likeness (QED) is 0.578. The van der Waals surface area contributed by atoms with Gasteiger partial charge in [-0.15, -0.1) is 5.73 Å². The molecule has 0 atom stereocenters. The van der Waals surface area contributed by atoms with Gasteiger partial charge in [-0.25, -0.2) is 0 Å². The summed E-state index contributed by atoms with van der Waals surface area (Å²) in [4.78, 5) is 11.4. The third kappa shape index (κ3) is 4.30. The number of anilines is 1. The van der Waals surface area contributed by atoms with Gasteiger partial charge in [-0.2, -0.15) is 0 Å². The Labute approximate surface area is 90.3 Å². The predicted octanol–water partition coefficient (Wildman–Crippen LogP) is 3.05. The molecule has 0 aliphatic heterocycles. The van der Waals surface area contributed by atoms with Gasteiger partial charge >= 0.3 is 0 Å². The van der Waals surface area contributed by atoms with Crippen molar-refractivity contribution in [1.82, 2.24) is 0 Å². The Balaban J connectivity index is 2.71. The summed E-state index contributed by atoms with van der Waals surface area (Å²) >= 11 is 0. The number of nitrogens with one attached hydrogen (secondary N) is 1. The first-order chi connectivity index (χ1) is 7.08. The number of aryl methyl sites for hydroxylation is 1. The number of rotatable bonds is 2. The van der Waals surface area contributed by atoms with Crippen molar-refractivity contribution in [3.63, 3.8) is 0 Å². The maximum absolute atomic E-state index is 11.4. The van der Waals surface area contributed by atoms with Gasteiger partial charge in [-0.05, 0) is 44.0 Å². The SMILES string of the molecule is CC(C)=C=CC(=O)Nc1cccc(C)c1. The normalized spacial score (nSPS) is 9.00. The molecule has 1 aromatic carbocycles. The lowest BCUT2D eigenvalue weighted by atomic mass is 10.2. The predicted molar refractivity (Wildman–Crippen MR) is 62.8 cm³/mol. The van der Waals surface area contributed by atoms with Gasteiger partial charge in [-0.3, -0.25) is 4.79 Å². The second kappa shape index (κ2) is 5.18. The summed E-state index contributed by atoms with van der Waals surface area (Å²) in [5.41, 5.74) is 5.78. The molecule has 1 rings (SSSR count). The molecule has 2 heteroatoms. The first-order valence-corrected chi connectivity index (χ1v) is 4.85. The molecule has 0 fully saturated rings. The van der Waals surface area contributed by atoms with Crippen LogP contribution in [-0.4, -0.2) is 5.91 Å². The Morgan fingerprint density at radius 1 is 1.40 bits per heavy atom. The van der Waals surface area contributed by atoms with E-state index in [-0.39, 0.29) is 5.91 Å². The van der Waals surface area contributed by atoms with E-state index in [1.165, 1.54) is 6.08 Å². The van der Waals surface area contributed by atoms with Gasteiger partial charge in [0.2, 0.25) is 0 Å². The highest BCUT2D eigenvalue weighted by Crippen LogP contribution is 2.09. The monoisotopic (exact) mass is 201 g/mol. The molecule has 1 aromatic rings. The number of hydrogen-bond donors (Lipinski definition) is 1. The summed E-state index contributed by atoms with van der Waals surface area (Å²) < 4.78 is 0. The molecule has 1 amide bonds. The molecule has 0 unspecified atom stereocenters. The first kappa shape index (κ1) is 11.3.